The number of carbonyl (C=O) groups excluding carboxylic acids is 2. The van der Waals surface area contributed by atoms with Crippen LogP contribution in [0.5, 0.6) is 0 Å². The minimum atomic E-state index is -0.634. The molecule has 158 valence electrons. The number of aldehydes is 1. The van der Waals surface area contributed by atoms with Gasteiger partial charge >= 0.3 is 0 Å². The van der Waals surface area contributed by atoms with E-state index in [4.69, 9.17) is 0 Å². The Hall–Kier alpha value is -2.83. The van der Waals surface area contributed by atoms with E-state index in [0.717, 1.165) is 43.7 Å². The zero-order valence-electron chi connectivity index (χ0n) is 17.0. The van der Waals surface area contributed by atoms with E-state index in [-0.39, 0.29) is 23.9 Å². The highest BCUT2D eigenvalue weighted by atomic mass is 19.1. The molecule has 2 atom stereocenters. The summed E-state index contributed by atoms with van der Waals surface area (Å²) in [6.07, 6.45) is 8.88. The Morgan fingerprint density at radius 1 is 1.27 bits per heavy atom. The summed E-state index contributed by atoms with van der Waals surface area (Å²) in [5.74, 6) is -1.55. The molecule has 1 amide bonds. The number of aryl methyl sites for hydroxylation is 1. The van der Waals surface area contributed by atoms with Gasteiger partial charge in [0.15, 0.2) is 0 Å². The molecule has 0 aliphatic heterocycles. The fraction of sp³-hybridized carbons (Fsp3) is 0.435. The van der Waals surface area contributed by atoms with Crippen LogP contribution in [0.1, 0.15) is 72.6 Å². The van der Waals surface area contributed by atoms with Gasteiger partial charge in [0, 0.05) is 24.4 Å². The van der Waals surface area contributed by atoms with Crippen LogP contribution in [0.4, 0.5) is 8.78 Å². The highest BCUT2D eigenvalue weighted by Gasteiger charge is 2.22. The monoisotopic (exact) mass is 413 g/mol. The minimum absolute atomic E-state index is 0.223. The number of aromatic nitrogens is 2. The number of amides is 1. The van der Waals surface area contributed by atoms with Crippen LogP contribution in [0.3, 0.4) is 0 Å². The van der Waals surface area contributed by atoms with E-state index in [1.165, 1.54) is 18.3 Å². The molecule has 0 radical (unpaired) electrons. The van der Waals surface area contributed by atoms with Crippen molar-refractivity contribution < 1.29 is 18.4 Å². The molecule has 1 aromatic heterocycles. The van der Waals surface area contributed by atoms with Crippen molar-refractivity contribution in [1.82, 2.24) is 9.97 Å². The first-order valence-electron chi connectivity index (χ1n) is 10.2. The Kier molecular flexibility index (Phi) is 7.49. The lowest BCUT2D eigenvalue weighted by Crippen LogP contribution is -2.18. The van der Waals surface area contributed by atoms with Gasteiger partial charge in [0.1, 0.15) is 23.6 Å². The van der Waals surface area contributed by atoms with Gasteiger partial charge in [-0.25, -0.2) is 18.8 Å². The summed E-state index contributed by atoms with van der Waals surface area (Å²) in [5.41, 5.74) is 2.27. The molecule has 1 aliphatic carbocycles. The van der Waals surface area contributed by atoms with Gasteiger partial charge in [-0.2, -0.15) is 0 Å². The third-order valence-electron chi connectivity index (χ3n) is 5.50. The molecule has 2 aromatic rings. The fourth-order valence-corrected chi connectivity index (χ4v) is 4.03. The lowest BCUT2D eigenvalue weighted by atomic mass is 9.81. The maximum absolute atomic E-state index is 13.6. The van der Waals surface area contributed by atoms with Crippen molar-refractivity contribution in [2.45, 2.75) is 57.8 Å². The summed E-state index contributed by atoms with van der Waals surface area (Å²) in [4.78, 5) is 35.9. The molecule has 1 heterocycles. The minimum Gasteiger partial charge on any atom is -0.303 e. The summed E-state index contributed by atoms with van der Waals surface area (Å²) in [7, 11) is 0. The Bertz CT molecular complexity index is 926. The van der Waals surface area contributed by atoms with Gasteiger partial charge in [0.05, 0.1) is 11.9 Å². The van der Waals surface area contributed by atoms with Crippen molar-refractivity contribution >= 4 is 17.9 Å². The standard InChI is InChI=1S/C23H25F2N3O2/c1-15-13-26-14-22(27-15)23(30)28-21-4-2-3-16(9-21)5-6-17(7-8-29)18-10-19(24)12-20(25)11-18/h8,10-14,16-17H,2-7,9H2,1H3. The van der Waals surface area contributed by atoms with Crippen molar-refractivity contribution in [3.05, 3.63) is 59.2 Å². The SMILES string of the molecule is Cc1cncc(C(=O)N=C2CCCC(CCC(CC=O)c3cc(F)cc(F)c3)C2)n1. The first-order chi connectivity index (χ1) is 14.4. The smallest absolute Gasteiger partial charge is 0.297 e. The van der Waals surface area contributed by atoms with Crippen LogP contribution < -0.4 is 0 Å². The summed E-state index contributed by atoms with van der Waals surface area (Å²) >= 11 is 0. The zero-order chi connectivity index (χ0) is 21.5. The molecule has 1 fully saturated rings. The second-order valence-corrected chi connectivity index (χ2v) is 7.87. The first kappa shape index (κ1) is 21.9. The molecule has 0 N–H and O–H groups in total. The van der Waals surface area contributed by atoms with E-state index in [1.807, 2.05) is 0 Å². The van der Waals surface area contributed by atoms with Crippen LogP contribution >= 0.6 is 0 Å². The molecule has 0 saturated heterocycles. The number of carbonyl (C=O) groups is 2. The molecule has 0 spiro atoms. The molecule has 1 aliphatic rings. The molecule has 0 bridgehead atoms. The Morgan fingerprint density at radius 2 is 2.03 bits per heavy atom. The summed E-state index contributed by atoms with van der Waals surface area (Å²) in [6.45, 7) is 1.77. The van der Waals surface area contributed by atoms with Gasteiger partial charge in [-0.05, 0) is 75.0 Å². The van der Waals surface area contributed by atoms with Crippen molar-refractivity contribution in [2.24, 2.45) is 10.9 Å². The molecule has 30 heavy (non-hydrogen) atoms. The fourth-order valence-electron chi connectivity index (χ4n) is 4.03. The van der Waals surface area contributed by atoms with Crippen molar-refractivity contribution in [1.29, 1.82) is 0 Å². The summed E-state index contributed by atoms with van der Waals surface area (Å²) in [5, 5.41) is 0. The van der Waals surface area contributed by atoms with Crippen LogP contribution in [-0.2, 0) is 4.79 Å². The number of benzene rings is 1. The largest absolute Gasteiger partial charge is 0.303 e. The van der Waals surface area contributed by atoms with Crippen LogP contribution in [-0.4, -0.2) is 27.9 Å². The molecule has 1 saturated carbocycles. The van der Waals surface area contributed by atoms with Crippen LogP contribution in [0.25, 0.3) is 0 Å². The van der Waals surface area contributed by atoms with Gasteiger partial charge in [0.25, 0.3) is 5.91 Å². The lowest BCUT2D eigenvalue weighted by Gasteiger charge is -2.25. The van der Waals surface area contributed by atoms with Crippen LogP contribution in [0.15, 0.2) is 35.6 Å². The average molecular weight is 413 g/mol. The maximum Gasteiger partial charge on any atom is 0.297 e. The van der Waals surface area contributed by atoms with Crippen LogP contribution in [0.2, 0.25) is 0 Å². The number of hydrogen-bond donors (Lipinski definition) is 0. The summed E-state index contributed by atoms with van der Waals surface area (Å²) in [6, 6.07) is 3.43. The molecule has 1 aromatic carbocycles. The second-order valence-electron chi connectivity index (χ2n) is 7.87. The lowest BCUT2D eigenvalue weighted by molar-refractivity contribution is -0.108. The predicted molar refractivity (Wildman–Crippen MR) is 110 cm³/mol. The Labute approximate surface area is 174 Å². The molecule has 7 heteroatoms. The predicted octanol–water partition coefficient (Wildman–Crippen LogP) is 4.99. The number of aliphatic imine (C=N–C) groups is 1. The number of rotatable bonds is 7. The summed E-state index contributed by atoms with van der Waals surface area (Å²) < 4.78 is 27.2. The van der Waals surface area contributed by atoms with Gasteiger partial charge < -0.3 is 4.79 Å². The maximum atomic E-state index is 13.6. The Balaban J connectivity index is 1.63. The van der Waals surface area contributed by atoms with E-state index >= 15 is 0 Å². The molecule has 2 unspecified atom stereocenters. The van der Waals surface area contributed by atoms with Gasteiger partial charge in [-0.1, -0.05) is 0 Å². The van der Waals surface area contributed by atoms with Crippen molar-refractivity contribution in [3.63, 3.8) is 0 Å². The van der Waals surface area contributed by atoms with E-state index < -0.39 is 11.6 Å². The second kappa shape index (κ2) is 10.3. The van der Waals surface area contributed by atoms with Crippen molar-refractivity contribution in [2.75, 3.05) is 0 Å². The first-order valence-corrected chi connectivity index (χ1v) is 10.2. The van der Waals surface area contributed by atoms with Gasteiger partial charge in [-0.3, -0.25) is 9.78 Å². The van der Waals surface area contributed by atoms with E-state index in [1.54, 1.807) is 13.1 Å². The van der Waals surface area contributed by atoms with Crippen molar-refractivity contribution in [3.8, 4) is 0 Å². The van der Waals surface area contributed by atoms with Gasteiger partial charge in [0.2, 0.25) is 0 Å². The topological polar surface area (TPSA) is 72.3 Å². The number of halogens is 2. The normalized spacial score (nSPS) is 18.9. The van der Waals surface area contributed by atoms with E-state index in [2.05, 4.69) is 15.0 Å². The molecule has 5 nitrogen and oxygen atoms in total. The third-order valence-corrected chi connectivity index (χ3v) is 5.50. The van der Waals surface area contributed by atoms with E-state index in [0.29, 0.717) is 30.0 Å². The Morgan fingerprint density at radius 3 is 2.73 bits per heavy atom. The zero-order valence-corrected chi connectivity index (χ0v) is 17.0. The number of nitrogens with zero attached hydrogens (tertiary/aromatic N) is 3. The average Bonchev–Trinajstić information content (AvgIpc) is 2.70. The molecular weight excluding hydrogens is 388 g/mol. The molecular formula is C23H25F2N3O2. The quantitative estimate of drug-likeness (QED) is 0.600. The van der Waals surface area contributed by atoms with E-state index in [9.17, 15) is 18.4 Å². The molecule has 3 rings (SSSR count). The third kappa shape index (κ3) is 6.08. The van der Waals surface area contributed by atoms with Crippen LogP contribution in [0, 0.1) is 24.5 Å². The van der Waals surface area contributed by atoms with Gasteiger partial charge in [-0.15, -0.1) is 0 Å². The highest BCUT2D eigenvalue weighted by Crippen LogP contribution is 2.32. The highest BCUT2D eigenvalue weighted by molar-refractivity contribution is 6.02. The number of hydrogen-bond acceptors (Lipinski definition) is 4.